The molecule has 0 aliphatic carbocycles. The molecule has 0 saturated heterocycles. The van der Waals surface area contributed by atoms with Gasteiger partial charge in [-0.3, -0.25) is 9.59 Å². The molecular weight excluding hydrogens is 324 g/mol. The molecule has 136 valence electrons. The fourth-order valence-corrected chi connectivity index (χ4v) is 2.66. The fourth-order valence-electron chi connectivity index (χ4n) is 2.66. The molecule has 0 amide bonds. The van der Waals surface area contributed by atoms with E-state index in [2.05, 4.69) is 20.4 Å². The lowest BCUT2D eigenvalue weighted by atomic mass is 10.0. The molecule has 0 radical (unpaired) electrons. The van der Waals surface area contributed by atoms with Crippen molar-refractivity contribution in [1.29, 1.82) is 0 Å². The molecule has 3 heteroatoms. The van der Waals surface area contributed by atoms with Crippen LogP contribution in [0.25, 0.3) is 10.8 Å². The molecule has 0 bridgehead atoms. The molecule has 2 aromatic rings. The molecule has 2 aromatic carbocycles. The van der Waals surface area contributed by atoms with Gasteiger partial charge in [0.15, 0.2) is 5.78 Å². The summed E-state index contributed by atoms with van der Waals surface area (Å²) >= 11 is 0. The minimum atomic E-state index is -0.561. The smallest absolute Gasteiger partial charge is 0.318 e. The monoisotopic (exact) mass is 350 g/mol. The van der Waals surface area contributed by atoms with Crippen LogP contribution >= 0.6 is 0 Å². The summed E-state index contributed by atoms with van der Waals surface area (Å²) in [6.07, 6.45) is 5.83. The zero-order chi connectivity index (χ0) is 18.9. The highest BCUT2D eigenvalue weighted by atomic mass is 16.5. The van der Waals surface area contributed by atoms with Crippen LogP contribution in [0.3, 0.4) is 0 Å². The van der Waals surface area contributed by atoms with Gasteiger partial charge in [0.1, 0.15) is 6.42 Å². The number of Topliss-reactive ketones (excluding diaryl/α,β-unsaturated/α-hetero) is 1. The van der Waals surface area contributed by atoms with Gasteiger partial charge in [-0.15, -0.1) is 0 Å². The Morgan fingerprint density at radius 3 is 2.58 bits per heavy atom. The van der Waals surface area contributed by atoms with Crippen molar-refractivity contribution in [2.45, 2.75) is 39.5 Å². The first-order chi connectivity index (χ1) is 12.5. The SMILES string of the molecule is C=C(C=COC(=O)CC(=O)c1ccc2ccccc2c1)CCCC(C)C. The van der Waals surface area contributed by atoms with Gasteiger partial charge in [0.05, 0.1) is 6.26 Å². The number of benzene rings is 2. The standard InChI is InChI=1S/C23H26O3/c1-17(2)7-6-8-18(3)13-14-26-23(25)16-22(24)21-12-11-19-9-4-5-10-20(19)15-21/h4-5,9-15,17H,3,6-8,16H2,1-2H3. The maximum Gasteiger partial charge on any atom is 0.318 e. The summed E-state index contributed by atoms with van der Waals surface area (Å²) in [7, 11) is 0. The first kappa shape index (κ1) is 19.6. The number of carbonyl (C=O) groups is 2. The molecule has 0 N–H and O–H groups in total. The highest BCUT2D eigenvalue weighted by Gasteiger charge is 2.12. The van der Waals surface area contributed by atoms with Gasteiger partial charge in [0.25, 0.3) is 0 Å². The number of hydrogen-bond donors (Lipinski definition) is 0. The largest absolute Gasteiger partial charge is 0.434 e. The second kappa shape index (κ2) is 9.71. The van der Waals surface area contributed by atoms with Gasteiger partial charge in [-0.1, -0.05) is 68.8 Å². The van der Waals surface area contributed by atoms with Crippen LogP contribution < -0.4 is 0 Å². The van der Waals surface area contributed by atoms with E-state index in [1.807, 2.05) is 30.3 Å². The molecule has 0 atom stereocenters. The predicted molar refractivity (Wildman–Crippen MR) is 106 cm³/mol. The maximum atomic E-state index is 12.3. The van der Waals surface area contributed by atoms with Gasteiger partial charge >= 0.3 is 5.97 Å². The minimum Gasteiger partial charge on any atom is -0.434 e. The lowest BCUT2D eigenvalue weighted by Gasteiger charge is -2.04. The van der Waals surface area contributed by atoms with Crippen molar-refractivity contribution in [1.82, 2.24) is 0 Å². The Hall–Kier alpha value is -2.68. The second-order valence-corrected chi connectivity index (χ2v) is 6.90. The predicted octanol–water partition coefficient (Wildman–Crippen LogP) is 5.85. The highest BCUT2D eigenvalue weighted by molar-refractivity contribution is 6.07. The Morgan fingerprint density at radius 1 is 1.12 bits per heavy atom. The van der Waals surface area contributed by atoms with E-state index in [-0.39, 0.29) is 12.2 Å². The van der Waals surface area contributed by atoms with E-state index in [0.717, 1.165) is 35.6 Å². The third-order valence-corrected chi connectivity index (χ3v) is 4.16. The Kier molecular flexibility index (Phi) is 7.34. The Balaban J connectivity index is 1.81. The molecule has 2 rings (SSSR count). The molecule has 0 unspecified atom stereocenters. The van der Waals surface area contributed by atoms with E-state index in [1.165, 1.54) is 6.26 Å². The topological polar surface area (TPSA) is 43.4 Å². The third kappa shape index (κ3) is 6.32. The van der Waals surface area contributed by atoms with Crippen molar-refractivity contribution in [2.75, 3.05) is 0 Å². The summed E-state index contributed by atoms with van der Waals surface area (Å²) in [5.41, 5.74) is 1.43. The average Bonchev–Trinajstić information content (AvgIpc) is 2.61. The van der Waals surface area contributed by atoms with Crippen LogP contribution in [0.1, 0.15) is 49.9 Å². The molecule has 0 aliphatic heterocycles. The summed E-state index contributed by atoms with van der Waals surface area (Å²) in [5.74, 6) is -0.134. The van der Waals surface area contributed by atoms with E-state index >= 15 is 0 Å². The summed E-state index contributed by atoms with van der Waals surface area (Å²) < 4.78 is 5.02. The van der Waals surface area contributed by atoms with E-state index < -0.39 is 5.97 Å². The van der Waals surface area contributed by atoms with Gasteiger partial charge in [0, 0.05) is 5.56 Å². The van der Waals surface area contributed by atoms with Gasteiger partial charge in [-0.25, -0.2) is 0 Å². The summed E-state index contributed by atoms with van der Waals surface area (Å²) in [4.78, 5) is 24.1. The molecule has 26 heavy (non-hydrogen) atoms. The minimum absolute atomic E-state index is 0.245. The van der Waals surface area contributed by atoms with Crippen LogP contribution in [0.2, 0.25) is 0 Å². The second-order valence-electron chi connectivity index (χ2n) is 6.90. The zero-order valence-corrected chi connectivity index (χ0v) is 15.5. The molecule has 3 nitrogen and oxygen atoms in total. The normalized spacial score (nSPS) is 11.2. The summed E-state index contributed by atoms with van der Waals surface area (Å²) in [5, 5.41) is 2.04. The molecule has 0 aliphatic rings. The van der Waals surface area contributed by atoms with Gasteiger partial charge in [0.2, 0.25) is 0 Å². The number of fused-ring (bicyclic) bond motifs is 1. The van der Waals surface area contributed by atoms with Crippen LogP contribution in [-0.4, -0.2) is 11.8 Å². The summed E-state index contributed by atoms with van der Waals surface area (Å²) in [6.45, 7) is 8.32. The maximum absolute atomic E-state index is 12.3. The highest BCUT2D eigenvalue weighted by Crippen LogP contribution is 2.17. The van der Waals surface area contributed by atoms with Crippen LogP contribution in [-0.2, 0) is 9.53 Å². The number of ketones is 1. The van der Waals surface area contributed by atoms with Crippen molar-refractivity contribution in [2.24, 2.45) is 5.92 Å². The lowest BCUT2D eigenvalue weighted by molar-refractivity contribution is -0.136. The Bertz CT molecular complexity index is 815. The Labute approximate surface area is 155 Å². The lowest BCUT2D eigenvalue weighted by Crippen LogP contribution is -2.09. The molecule has 0 fully saturated rings. The number of esters is 1. The number of hydrogen-bond acceptors (Lipinski definition) is 3. The molecule has 0 spiro atoms. The average molecular weight is 350 g/mol. The number of ether oxygens (including phenoxy) is 1. The quantitative estimate of drug-likeness (QED) is 0.187. The van der Waals surface area contributed by atoms with E-state index in [1.54, 1.807) is 18.2 Å². The fraction of sp³-hybridized carbons (Fsp3) is 0.304. The van der Waals surface area contributed by atoms with Gasteiger partial charge < -0.3 is 4.74 Å². The molecule has 0 saturated carbocycles. The van der Waals surface area contributed by atoms with Gasteiger partial charge in [-0.05, 0) is 41.7 Å². The molecular formula is C23H26O3. The van der Waals surface area contributed by atoms with E-state index in [0.29, 0.717) is 11.5 Å². The van der Waals surface area contributed by atoms with Crippen LogP contribution in [0.15, 0.2) is 67.0 Å². The number of carbonyl (C=O) groups excluding carboxylic acids is 2. The van der Waals surface area contributed by atoms with Crippen molar-refractivity contribution >= 4 is 22.5 Å². The van der Waals surface area contributed by atoms with Crippen molar-refractivity contribution in [3.8, 4) is 0 Å². The number of rotatable bonds is 9. The molecule has 0 heterocycles. The van der Waals surface area contributed by atoms with Gasteiger partial charge in [-0.2, -0.15) is 0 Å². The molecule has 0 aromatic heterocycles. The summed E-state index contributed by atoms with van der Waals surface area (Å²) in [6, 6.07) is 13.2. The first-order valence-corrected chi connectivity index (χ1v) is 9.01. The third-order valence-electron chi connectivity index (χ3n) is 4.16. The Morgan fingerprint density at radius 2 is 1.85 bits per heavy atom. The van der Waals surface area contributed by atoms with Crippen LogP contribution in [0.5, 0.6) is 0 Å². The van der Waals surface area contributed by atoms with Crippen molar-refractivity contribution < 1.29 is 14.3 Å². The van der Waals surface area contributed by atoms with Crippen LogP contribution in [0.4, 0.5) is 0 Å². The van der Waals surface area contributed by atoms with Crippen molar-refractivity contribution in [3.63, 3.8) is 0 Å². The number of allylic oxidation sites excluding steroid dienone is 2. The van der Waals surface area contributed by atoms with E-state index in [9.17, 15) is 9.59 Å². The zero-order valence-electron chi connectivity index (χ0n) is 15.5. The van der Waals surface area contributed by atoms with E-state index in [4.69, 9.17) is 4.74 Å². The van der Waals surface area contributed by atoms with Crippen molar-refractivity contribution in [3.05, 3.63) is 72.5 Å². The van der Waals surface area contributed by atoms with Crippen LogP contribution in [0, 0.1) is 5.92 Å². The first-order valence-electron chi connectivity index (χ1n) is 9.01.